The molecule has 0 bridgehead atoms. The highest BCUT2D eigenvalue weighted by Crippen LogP contribution is 2.41. The van der Waals surface area contributed by atoms with Crippen molar-refractivity contribution in [2.24, 2.45) is 5.92 Å². The molecule has 1 aromatic carbocycles. The van der Waals surface area contributed by atoms with E-state index in [9.17, 15) is 0 Å². The summed E-state index contributed by atoms with van der Waals surface area (Å²) in [6.07, 6.45) is 2.63. The molecule has 1 atom stereocenters. The van der Waals surface area contributed by atoms with Crippen LogP contribution in [0.4, 0.5) is 0 Å². The number of rotatable bonds is 5. The lowest BCUT2D eigenvalue weighted by molar-refractivity contribution is 0.407. The lowest BCUT2D eigenvalue weighted by Gasteiger charge is -2.18. The first-order chi connectivity index (χ1) is 9.63. The third kappa shape index (κ3) is 2.93. The quantitative estimate of drug-likeness (QED) is 0.897. The van der Waals surface area contributed by atoms with E-state index in [0.717, 1.165) is 23.3 Å². The number of nitrogens with one attached hydrogen (secondary N) is 1. The van der Waals surface area contributed by atoms with Gasteiger partial charge in [-0.25, -0.2) is 4.98 Å². The molecule has 1 heterocycles. The van der Waals surface area contributed by atoms with Gasteiger partial charge in [0.05, 0.1) is 12.2 Å². The van der Waals surface area contributed by atoms with Crippen LogP contribution in [0, 0.1) is 26.7 Å². The molecule has 106 valence electrons. The van der Waals surface area contributed by atoms with Gasteiger partial charge in [-0.3, -0.25) is 0 Å². The van der Waals surface area contributed by atoms with Crippen LogP contribution >= 0.6 is 0 Å². The van der Waals surface area contributed by atoms with E-state index < -0.39 is 0 Å². The zero-order chi connectivity index (χ0) is 14.1. The topological polar surface area (TPSA) is 38.1 Å². The largest absolute Gasteiger partial charge is 0.444 e. The van der Waals surface area contributed by atoms with Crippen molar-refractivity contribution in [2.75, 3.05) is 0 Å². The maximum absolute atomic E-state index is 5.65. The average molecular weight is 270 g/mol. The van der Waals surface area contributed by atoms with Crippen LogP contribution in [0.1, 0.15) is 47.4 Å². The molecule has 3 heteroatoms. The first-order valence-electron chi connectivity index (χ1n) is 7.36. The van der Waals surface area contributed by atoms with Crippen molar-refractivity contribution >= 4 is 0 Å². The molecule has 2 aromatic rings. The van der Waals surface area contributed by atoms with E-state index in [-0.39, 0.29) is 0 Å². The molecule has 0 amide bonds. The third-order valence-corrected chi connectivity index (χ3v) is 4.08. The predicted molar refractivity (Wildman–Crippen MR) is 79.5 cm³/mol. The summed E-state index contributed by atoms with van der Waals surface area (Å²) >= 11 is 0. The van der Waals surface area contributed by atoms with Crippen molar-refractivity contribution in [1.29, 1.82) is 0 Å². The summed E-state index contributed by atoms with van der Waals surface area (Å²) in [6, 6.07) is 9.26. The SMILES string of the molecule is Cc1ccc(C(NCc2nc(C)c(C)o2)C2CC2)cc1. The van der Waals surface area contributed by atoms with Gasteiger partial charge in [-0.15, -0.1) is 0 Å². The van der Waals surface area contributed by atoms with Crippen LogP contribution in [0.3, 0.4) is 0 Å². The minimum absolute atomic E-state index is 0.420. The molecule has 1 saturated carbocycles. The standard InChI is InChI=1S/C17H22N2O/c1-11-4-6-14(7-5-11)17(15-8-9-15)18-10-16-19-12(2)13(3)20-16/h4-7,15,17-18H,8-10H2,1-3H3. The summed E-state index contributed by atoms with van der Waals surface area (Å²) < 4.78 is 5.65. The van der Waals surface area contributed by atoms with Crippen LogP contribution in [-0.2, 0) is 6.54 Å². The summed E-state index contributed by atoms with van der Waals surface area (Å²) in [4.78, 5) is 4.44. The third-order valence-electron chi connectivity index (χ3n) is 4.08. The van der Waals surface area contributed by atoms with E-state index in [1.165, 1.54) is 24.0 Å². The Kier molecular flexibility index (Phi) is 3.62. The Balaban J connectivity index is 1.70. The molecule has 20 heavy (non-hydrogen) atoms. The Labute approximate surface area is 120 Å². The highest BCUT2D eigenvalue weighted by molar-refractivity contribution is 5.25. The van der Waals surface area contributed by atoms with E-state index in [4.69, 9.17) is 4.42 Å². The predicted octanol–water partition coefficient (Wildman–Crippen LogP) is 3.84. The summed E-state index contributed by atoms with van der Waals surface area (Å²) in [5.41, 5.74) is 3.67. The number of aryl methyl sites for hydroxylation is 3. The second kappa shape index (κ2) is 5.41. The maximum atomic E-state index is 5.65. The highest BCUT2D eigenvalue weighted by Gasteiger charge is 2.32. The van der Waals surface area contributed by atoms with Crippen LogP contribution in [0.2, 0.25) is 0 Å². The first-order valence-corrected chi connectivity index (χ1v) is 7.36. The van der Waals surface area contributed by atoms with E-state index in [1.54, 1.807) is 0 Å². The van der Waals surface area contributed by atoms with Crippen LogP contribution in [0.5, 0.6) is 0 Å². The molecule has 1 unspecified atom stereocenters. The molecule has 0 radical (unpaired) electrons. The van der Waals surface area contributed by atoms with Crippen LogP contribution in [0.15, 0.2) is 28.7 Å². The van der Waals surface area contributed by atoms with Gasteiger partial charge in [0.25, 0.3) is 0 Å². The van der Waals surface area contributed by atoms with Gasteiger partial charge in [0, 0.05) is 6.04 Å². The minimum Gasteiger partial charge on any atom is -0.444 e. The summed E-state index contributed by atoms with van der Waals surface area (Å²) in [7, 11) is 0. The Morgan fingerprint density at radius 3 is 2.45 bits per heavy atom. The molecule has 1 N–H and O–H groups in total. The number of aromatic nitrogens is 1. The number of hydrogen-bond donors (Lipinski definition) is 1. The fraction of sp³-hybridized carbons (Fsp3) is 0.471. The molecule has 3 nitrogen and oxygen atoms in total. The van der Waals surface area contributed by atoms with Crippen molar-refractivity contribution in [3.05, 3.63) is 52.7 Å². The molecule has 0 saturated heterocycles. The Morgan fingerprint density at radius 2 is 1.90 bits per heavy atom. The van der Waals surface area contributed by atoms with Crippen molar-refractivity contribution in [3.8, 4) is 0 Å². The van der Waals surface area contributed by atoms with Gasteiger partial charge < -0.3 is 9.73 Å². The first kappa shape index (κ1) is 13.4. The lowest BCUT2D eigenvalue weighted by Crippen LogP contribution is -2.22. The maximum Gasteiger partial charge on any atom is 0.208 e. The zero-order valence-electron chi connectivity index (χ0n) is 12.4. The lowest BCUT2D eigenvalue weighted by atomic mass is 10.0. The molecule has 3 rings (SSSR count). The number of oxazole rings is 1. The molecular formula is C17H22N2O. The Morgan fingerprint density at radius 1 is 1.20 bits per heavy atom. The summed E-state index contributed by atoms with van der Waals surface area (Å²) in [6.45, 7) is 6.77. The average Bonchev–Trinajstić information content (AvgIpc) is 3.20. The van der Waals surface area contributed by atoms with Gasteiger partial charge in [-0.1, -0.05) is 29.8 Å². The van der Waals surface area contributed by atoms with Crippen LogP contribution in [-0.4, -0.2) is 4.98 Å². The van der Waals surface area contributed by atoms with E-state index in [0.29, 0.717) is 12.6 Å². The molecule has 1 fully saturated rings. The normalized spacial score (nSPS) is 16.4. The van der Waals surface area contributed by atoms with Crippen LogP contribution in [0.25, 0.3) is 0 Å². The minimum atomic E-state index is 0.420. The fourth-order valence-corrected chi connectivity index (χ4v) is 2.57. The van der Waals surface area contributed by atoms with E-state index in [1.807, 2.05) is 13.8 Å². The van der Waals surface area contributed by atoms with Gasteiger partial charge >= 0.3 is 0 Å². The fourth-order valence-electron chi connectivity index (χ4n) is 2.57. The molecule has 1 aliphatic rings. The molecule has 1 aromatic heterocycles. The zero-order valence-corrected chi connectivity index (χ0v) is 12.4. The second-order valence-electron chi connectivity index (χ2n) is 5.86. The van der Waals surface area contributed by atoms with Crippen molar-refractivity contribution in [1.82, 2.24) is 10.3 Å². The number of hydrogen-bond acceptors (Lipinski definition) is 3. The van der Waals surface area contributed by atoms with Gasteiger partial charge in [0.1, 0.15) is 5.76 Å². The second-order valence-corrected chi connectivity index (χ2v) is 5.86. The summed E-state index contributed by atoms with van der Waals surface area (Å²) in [5.74, 6) is 2.47. The van der Waals surface area contributed by atoms with Crippen LogP contribution < -0.4 is 5.32 Å². The molecule has 1 aliphatic carbocycles. The van der Waals surface area contributed by atoms with E-state index in [2.05, 4.69) is 41.5 Å². The van der Waals surface area contributed by atoms with Gasteiger partial charge in [0.15, 0.2) is 0 Å². The van der Waals surface area contributed by atoms with Crippen molar-refractivity contribution in [3.63, 3.8) is 0 Å². The van der Waals surface area contributed by atoms with Crippen molar-refractivity contribution in [2.45, 2.75) is 46.2 Å². The summed E-state index contributed by atoms with van der Waals surface area (Å²) in [5, 5.41) is 3.62. The highest BCUT2D eigenvalue weighted by atomic mass is 16.4. The van der Waals surface area contributed by atoms with Gasteiger partial charge in [-0.2, -0.15) is 0 Å². The Hall–Kier alpha value is -1.61. The van der Waals surface area contributed by atoms with E-state index >= 15 is 0 Å². The number of nitrogens with zero attached hydrogens (tertiary/aromatic N) is 1. The van der Waals surface area contributed by atoms with Gasteiger partial charge in [0.2, 0.25) is 5.89 Å². The molecule has 0 spiro atoms. The molecular weight excluding hydrogens is 248 g/mol. The monoisotopic (exact) mass is 270 g/mol. The van der Waals surface area contributed by atoms with Crippen molar-refractivity contribution < 1.29 is 4.42 Å². The number of benzene rings is 1. The molecule has 0 aliphatic heterocycles. The smallest absolute Gasteiger partial charge is 0.208 e. The van der Waals surface area contributed by atoms with Gasteiger partial charge in [-0.05, 0) is 45.1 Å². The Bertz CT molecular complexity index is 562.